The zero-order valence-electron chi connectivity index (χ0n) is 11.7. The molecule has 1 aromatic carbocycles. The topological polar surface area (TPSA) is 35.2 Å². The van der Waals surface area contributed by atoms with Crippen LogP contribution in [0.3, 0.4) is 0 Å². The van der Waals surface area contributed by atoms with Gasteiger partial charge in [-0.1, -0.05) is 37.5 Å². The van der Waals surface area contributed by atoms with Gasteiger partial charge in [-0.2, -0.15) is 0 Å². The van der Waals surface area contributed by atoms with E-state index in [4.69, 9.17) is 10.5 Å². The summed E-state index contributed by atoms with van der Waals surface area (Å²) in [5.41, 5.74) is 9.86. The van der Waals surface area contributed by atoms with Crippen LogP contribution >= 0.6 is 0 Å². The highest BCUT2D eigenvalue weighted by Gasteiger charge is 2.31. The molecule has 0 atom stereocenters. The molecule has 0 radical (unpaired) electrons. The minimum absolute atomic E-state index is 0.0625. The first-order chi connectivity index (χ1) is 8.67. The van der Waals surface area contributed by atoms with E-state index in [1.54, 1.807) is 0 Å². The Labute approximate surface area is 111 Å². The minimum Gasteiger partial charge on any atom is -0.369 e. The third kappa shape index (κ3) is 2.93. The average Bonchev–Trinajstić information content (AvgIpc) is 2.39. The van der Waals surface area contributed by atoms with Crippen molar-refractivity contribution in [2.24, 2.45) is 5.73 Å². The Balaban J connectivity index is 2.05. The normalized spacial score (nSPS) is 18.8. The predicted molar refractivity (Wildman–Crippen MR) is 75.6 cm³/mol. The lowest BCUT2D eigenvalue weighted by molar-refractivity contribution is -0.0736. The van der Waals surface area contributed by atoms with Gasteiger partial charge in [0.05, 0.1) is 12.2 Å². The van der Waals surface area contributed by atoms with Crippen molar-refractivity contribution in [3.05, 3.63) is 34.9 Å². The maximum Gasteiger partial charge on any atom is 0.0808 e. The van der Waals surface area contributed by atoms with Crippen molar-refractivity contribution in [1.29, 1.82) is 0 Å². The van der Waals surface area contributed by atoms with E-state index in [0.29, 0.717) is 13.2 Å². The molecular formula is C16H25NO. The summed E-state index contributed by atoms with van der Waals surface area (Å²) < 4.78 is 6.24. The Morgan fingerprint density at radius 1 is 1.11 bits per heavy atom. The van der Waals surface area contributed by atoms with Gasteiger partial charge in [0.2, 0.25) is 0 Å². The highest BCUT2D eigenvalue weighted by molar-refractivity contribution is 5.32. The fourth-order valence-corrected chi connectivity index (χ4v) is 2.91. The maximum absolute atomic E-state index is 6.24. The standard InChI is InChI=1S/C16H25NO/c1-13-7-6-8-14(2)15(13)11-18-16(12-17)9-4-3-5-10-16/h6-8H,3-5,9-12,17H2,1-2H3. The lowest BCUT2D eigenvalue weighted by atomic mass is 9.84. The van der Waals surface area contributed by atoms with Crippen LogP contribution in [0.1, 0.15) is 48.8 Å². The third-order valence-electron chi connectivity index (χ3n) is 4.30. The van der Waals surface area contributed by atoms with Crippen molar-refractivity contribution in [2.45, 2.75) is 58.2 Å². The summed E-state index contributed by atoms with van der Waals surface area (Å²) in [6, 6.07) is 6.41. The quantitative estimate of drug-likeness (QED) is 0.884. The van der Waals surface area contributed by atoms with Crippen molar-refractivity contribution in [3.63, 3.8) is 0 Å². The van der Waals surface area contributed by atoms with Crippen LogP contribution in [0.15, 0.2) is 18.2 Å². The Morgan fingerprint density at radius 2 is 1.72 bits per heavy atom. The van der Waals surface area contributed by atoms with Crippen molar-refractivity contribution in [2.75, 3.05) is 6.54 Å². The molecule has 2 heteroatoms. The number of ether oxygens (including phenoxy) is 1. The molecule has 0 heterocycles. The molecule has 100 valence electrons. The van der Waals surface area contributed by atoms with Gasteiger partial charge in [-0.05, 0) is 43.4 Å². The molecule has 18 heavy (non-hydrogen) atoms. The van der Waals surface area contributed by atoms with Gasteiger partial charge in [-0.3, -0.25) is 0 Å². The van der Waals surface area contributed by atoms with E-state index in [2.05, 4.69) is 32.0 Å². The van der Waals surface area contributed by atoms with Crippen molar-refractivity contribution < 1.29 is 4.74 Å². The van der Waals surface area contributed by atoms with E-state index in [9.17, 15) is 0 Å². The van der Waals surface area contributed by atoms with Gasteiger partial charge < -0.3 is 10.5 Å². The second-order valence-corrected chi connectivity index (χ2v) is 5.61. The van der Waals surface area contributed by atoms with E-state index in [0.717, 1.165) is 12.8 Å². The van der Waals surface area contributed by atoms with Gasteiger partial charge in [-0.25, -0.2) is 0 Å². The monoisotopic (exact) mass is 247 g/mol. The van der Waals surface area contributed by atoms with Crippen LogP contribution in [-0.2, 0) is 11.3 Å². The zero-order valence-corrected chi connectivity index (χ0v) is 11.7. The molecule has 2 N–H and O–H groups in total. The number of rotatable bonds is 4. The lowest BCUT2D eigenvalue weighted by Crippen LogP contribution is -2.42. The number of aryl methyl sites for hydroxylation is 2. The summed E-state index contributed by atoms with van der Waals surface area (Å²) >= 11 is 0. The molecule has 2 rings (SSSR count). The second-order valence-electron chi connectivity index (χ2n) is 5.61. The summed E-state index contributed by atoms with van der Waals surface area (Å²) in [5, 5.41) is 0. The van der Waals surface area contributed by atoms with Gasteiger partial charge in [0, 0.05) is 6.54 Å². The van der Waals surface area contributed by atoms with Crippen molar-refractivity contribution in [3.8, 4) is 0 Å². The second kappa shape index (κ2) is 5.85. The molecule has 1 aromatic rings. The van der Waals surface area contributed by atoms with Crippen LogP contribution < -0.4 is 5.73 Å². The Morgan fingerprint density at radius 3 is 2.28 bits per heavy atom. The SMILES string of the molecule is Cc1cccc(C)c1COC1(CN)CCCCC1. The molecule has 0 unspecified atom stereocenters. The Hall–Kier alpha value is -0.860. The first-order valence-corrected chi connectivity index (χ1v) is 7.06. The molecule has 0 saturated heterocycles. The van der Waals surface area contributed by atoms with E-state index in [1.807, 2.05) is 0 Å². The van der Waals surface area contributed by atoms with E-state index >= 15 is 0 Å². The molecule has 0 spiro atoms. The Bertz CT molecular complexity index is 374. The molecule has 0 aromatic heterocycles. The predicted octanol–water partition coefficient (Wildman–Crippen LogP) is 3.48. The van der Waals surface area contributed by atoms with E-state index in [1.165, 1.54) is 36.0 Å². The van der Waals surface area contributed by atoms with Crippen LogP contribution in [-0.4, -0.2) is 12.1 Å². The largest absolute Gasteiger partial charge is 0.369 e. The van der Waals surface area contributed by atoms with Crippen LogP contribution in [0.2, 0.25) is 0 Å². The summed E-state index contributed by atoms with van der Waals surface area (Å²) in [5.74, 6) is 0. The van der Waals surface area contributed by atoms with E-state index in [-0.39, 0.29) is 5.60 Å². The van der Waals surface area contributed by atoms with Crippen molar-refractivity contribution in [1.82, 2.24) is 0 Å². The van der Waals surface area contributed by atoms with Gasteiger partial charge in [0.25, 0.3) is 0 Å². The highest BCUT2D eigenvalue weighted by Crippen LogP contribution is 2.32. The summed E-state index contributed by atoms with van der Waals surface area (Å²) in [4.78, 5) is 0. The summed E-state index contributed by atoms with van der Waals surface area (Å²) in [7, 11) is 0. The molecule has 0 amide bonds. The van der Waals surface area contributed by atoms with Crippen LogP contribution in [0.25, 0.3) is 0 Å². The first-order valence-electron chi connectivity index (χ1n) is 7.06. The molecule has 1 aliphatic carbocycles. The van der Waals surface area contributed by atoms with Gasteiger partial charge in [-0.15, -0.1) is 0 Å². The first kappa shape index (κ1) is 13.6. The third-order valence-corrected chi connectivity index (χ3v) is 4.30. The molecular weight excluding hydrogens is 222 g/mol. The fourth-order valence-electron chi connectivity index (χ4n) is 2.91. The average molecular weight is 247 g/mol. The molecule has 1 aliphatic rings. The molecule has 2 nitrogen and oxygen atoms in total. The number of hydrogen-bond donors (Lipinski definition) is 1. The summed E-state index contributed by atoms with van der Waals surface area (Å²) in [6.45, 7) is 5.66. The van der Waals surface area contributed by atoms with E-state index < -0.39 is 0 Å². The minimum atomic E-state index is -0.0625. The zero-order chi connectivity index (χ0) is 13.0. The fraction of sp³-hybridized carbons (Fsp3) is 0.625. The Kier molecular flexibility index (Phi) is 4.41. The number of benzene rings is 1. The smallest absolute Gasteiger partial charge is 0.0808 e. The number of hydrogen-bond acceptors (Lipinski definition) is 2. The highest BCUT2D eigenvalue weighted by atomic mass is 16.5. The van der Waals surface area contributed by atoms with Crippen LogP contribution in [0.4, 0.5) is 0 Å². The molecule has 1 fully saturated rings. The van der Waals surface area contributed by atoms with Crippen LogP contribution in [0.5, 0.6) is 0 Å². The maximum atomic E-state index is 6.24. The summed E-state index contributed by atoms with van der Waals surface area (Å²) in [6.07, 6.45) is 6.07. The molecule has 1 saturated carbocycles. The lowest BCUT2D eigenvalue weighted by Gasteiger charge is -2.36. The molecule has 0 aliphatic heterocycles. The van der Waals surface area contributed by atoms with Gasteiger partial charge in [0.15, 0.2) is 0 Å². The van der Waals surface area contributed by atoms with Crippen molar-refractivity contribution >= 4 is 0 Å². The van der Waals surface area contributed by atoms with Gasteiger partial charge >= 0.3 is 0 Å². The van der Waals surface area contributed by atoms with Gasteiger partial charge in [0.1, 0.15) is 0 Å². The molecule has 0 bridgehead atoms. The van der Waals surface area contributed by atoms with Crippen LogP contribution in [0, 0.1) is 13.8 Å². The number of nitrogens with two attached hydrogens (primary N) is 1.